The summed E-state index contributed by atoms with van der Waals surface area (Å²) in [5.41, 5.74) is -0.133. The number of aliphatic carboxylic acids is 1. The number of nitrogens with zero attached hydrogens (tertiary/aromatic N) is 1. The van der Waals surface area contributed by atoms with Gasteiger partial charge in [0, 0.05) is 3.57 Å². The van der Waals surface area contributed by atoms with Crippen molar-refractivity contribution in [3.05, 3.63) is 26.6 Å². The topological polar surface area (TPSA) is 50.2 Å². The van der Waals surface area contributed by atoms with E-state index in [9.17, 15) is 13.6 Å². The molecule has 0 aliphatic rings. The number of carbonyl (C=O) groups is 1. The van der Waals surface area contributed by atoms with Gasteiger partial charge in [-0.2, -0.15) is 0 Å². The van der Waals surface area contributed by atoms with Crippen LogP contribution in [-0.4, -0.2) is 16.1 Å². The summed E-state index contributed by atoms with van der Waals surface area (Å²) < 4.78 is 25.8. The molecule has 3 nitrogen and oxygen atoms in total. The van der Waals surface area contributed by atoms with E-state index in [1.807, 2.05) is 22.6 Å². The van der Waals surface area contributed by atoms with Crippen molar-refractivity contribution in [2.24, 2.45) is 0 Å². The van der Waals surface area contributed by atoms with Crippen LogP contribution in [0.1, 0.15) is 23.4 Å². The third kappa shape index (κ3) is 3.24. The molecule has 0 aliphatic heterocycles. The lowest BCUT2D eigenvalue weighted by Crippen LogP contribution is -2.08. The summed E-state index contributed by atoms with van der Waals surface area (Å²) in [4.78, 5) is 14.2. The summed E-state index contributed by atoms with van der Waals surface area (Å²) in [5.74, 6) is -1.15. The highest BCUT2D eigenvalue weighted by Crippen LogP contribution is 2.25. The Hall–Kier alpha value is -0.500. The van der Waals surface area contributed by atoms with Crippen molar-refractivity contribution in [1.82, 2.24) is 4.98 Å². The lowest BCUT2D eigenvalue weighted by atomic mass is 10.1. The molecule has 0 amide bonds. The Morgan fingerprint density at radius 2 is 2.25 bits per heavy atom. The van der Waals surface area contributed by atoms with E-state index < -0.39 is 24.5 Å². The molecule has 0 aliphatic carbocycles. The van der Waals surface area contributed by atoms with Crippen molar-refractivity contribution in [3.63, 3.8) is 0 Å². The third-order valence-corrected chi connectivity index (χ3v) is 3.02. The molecule has 1 N–H and O–H groups in total. The molecule has 0 atom stereocenters. The molecule has 0 saturated heterocycles. The molecule has 1 heterocycles. The van der Waals surface area contributed by atoms with Gasteiger partial charge in [-0.1, -0.05) is 0 Å². The van der Waals surface area contributed by atoms with Crippen molar-refractivity contribution in [1.29, 1.82) is 0 Å². The van der Waals surface area contributed by atoms with Gasteiger partial charge in [0.15, 0.2) is 0 Å². The molecule has 0 fully saturated rings. The van der Waals surface area contributed by atoms with E-state index in [2.05, 4.69) is 4.98 Å². The largest absolute Gasteiger partial charge is 0.481 e. The predicted octanol–water partition coefficient (Wildman–Crippen LogP) is 2.99. The number of hydrogen-bond acceptors (Lipinski definition) is 2. The van der Waals surface area contributed by atoms with Crippen molar-refractivity contribution < 1.29 is 18.7 Å². The highest BCUT2D eigenvalue weighted by atomic mass is 127. The highest BCUT2D eigenvalue weighted by molar-refractivity contribution is 14.1. The molecule has 16 heavy (non-hydrogen) atoms. The monoisotopic (exact) mass is 361 g/mol. The van der Waals surface area contributed by atoms with Crippen LogP contribution in [0, 0.1) is 3.57 Å². The molecule has 0 saturated carbocycles. The first-order valence-electron chi connectivity index (χ1n) is 4.19. The molecule has 0 spiro atoms. The minimum atomic E-state index is -2.80. The smallest absolute Gasteiger partial charge is 0.307 e. The molecule has 1 rings (SSSR count). The van der Waals surface area contributed by atoms with Crippen LogP contribution in [0.25, 0.3) is 0 Å². The number of hydrogen-bond donors (Lipinski definition) is 1. The van der Waals surface area contributed by atoms with E-state index in [0.29, 0.717) is 9.26 Å². The third-order valence-electron chi connectivity index (χ3n) is 1.84. The minimum Gasteiger partial charge on any atom is -0.481 e. The SMILES string of the molecule is O=C(O)Cc1cc(I)c(CCl)nc1C(F)F. The molecule has 88 valence electrons. The second-order valence-corrected chi connectivity index (χ2v) is 4.40. The number of carboxylic acid groups (broad SMARTS) is 1. The van der Waals surface area contributed by atoms with Crippen LogP contribution >= 0.6 is 34.2 Å². The Balaban J connectivity index is 3.24. The van der Waals surface area contributed by atoms with Gasteiger partial charge in [-0.3, -0.25) is 4.79 Å². The van der Waals surface area contributed by atoms with Crippen LogP contribution in [-0.2, 0) is 17.1 Å². The first-order valence-corrected chi connectivity index (χ1v) is 5.81. The lowest BCUT2D eigenvalue weighted by Gasteiger charge is -2.09. The second kappa shape index (κ2) is 5.72. The Labute approximate surface area is 109 Å². The van der Waals surface area contributed by atoms with Gasteiger partial charge in [0.05, 0.1) is 18.0 Å². The van der Waals surface area contributed by atoms with Gasteiger partial charge < -0.3 is 5.11 Å². The molecule has 7 heteroatoms. The Kier molecular flexibility index (Phi) is 4.85. The molecule has 0 radical (unpaired) electrons. The van der Waals surface area contributed by atoms with Crippen molar-refractivity contribution >= 4 is 40.2 Å². The summed E-state index contributed by atoms with van der Waals surface area (Å²) in [6.07, 6.45) is -3.26. The van der Waals surface area contributed by atoms with Crippen LogP contribution in [0.3, 0.4) is 0 Å². The number of rotatable bonds is 4. The van der Waals surface area contributed by atoms with E-state index in [4.69, 9.17) is 16.7 Å². The molecule has 0 unspecified atom stereocenters. The van der Waals surface area contributed by atoms with Crippen LogP contribution in [0.5, 0.6) is 0 Å². The minimum absolute atomic E-state index is 0.0192. The molecule has 1 aromatic heterocycles. The van der Waals surface area contributed by atoms with Crippen molar-refractivity contribution in [3.8, 4) is 0 Å². The molecule has 0 aromatic carbocycles. The average Bonchev–Trinajstić information content (AvgIpc) is 2.16. The normalized spacial score (nSPS) is 10.8. The zero-order valence-electron chi connectivity index (χ0n) is 7.88. The molecule has 0 bridgehead atoms. The fourth-order valence-electron chi connectivity index (χ4n) is 1.17. The second-order valence-electron chi connectivity index (χ2n) is 2.97. The number of aromatic nitrogens is 1. The summed E-state index contributed by atoms with van der Waals surface area (Å²) in [7, 11) is 0. The van der Waals surface area contributed by atoms with E-state index in [1.165, 1.54) is 6.07 Å². The van der Waals surface area contributed by atoms with Gasteiger partial charge in [0.2, 0.25) is 0 Å². The lowest BCUT2D eigenvalue weighted by molar-refractivity contribution is -0.136. The van der Waals surface area contributed by atoms with Gasteiger partial charge in [-0.15, -0.1) is 11.6 Å². The molecular weight excluding hydrogens is 354 g/mol. The van der Waals surface area contributed by atoms with E-state index in [-0.39, 0.29) is 11.4 Å². The van der Waals surface area contributed by atoms with Gasteiger partial charge in [-0.25, -0.2) is 13.8 Å². The number of alkyl halides is 3. The van der Waals surface area contributed by atoms with Crippen molar-refractivity contribution in [2.45, 2.75) is 18.7 Å². The number of halogens is 4. The maximum atomic E-state index is 12.6. The standard InChI is InChI=1S/C9H7ClF2INO2/c10-3-6-5(13)1-4(2-7(15)16)8(14-6)9(11)12/h1,9H,2-3H2,(H,15,16). The van der Waals surface area contributed by atoms with Crippen LogP contribution in [0.2, 0.25) is 0 Å². The first kappa shape index (κ1) is 13.6. The fraction of sp³-hybridized carbons (Fsp3) is 0.333. The maximum Gasteiger partial charge on any atom is 0.307 e. The van der Waals surface area contributed by atoms with E-state index >= 15 is 0 Å². The highest BCUT2D eigenvalue weighted by Gasteiger charge is 2.19. The van der Waals surface area contributed by atoms with Crippen LogP contribution < -0.4 is 0 Å². The Bertz CT molecular complexity index is 415. The quantitative estimate of drug-likeness (QED) is 0.662. The van der Waals surface area contributed by atoms with Gasteiger partial charge >= 0.3 is 5.97 Å². The van der Waals surface area contributed by atoms with Crippen LogP contribution in [0.15, 0.2) is 6.07 Å². The van der Waals surface area contributed by atoms with E-state index in [0.717, 1.165) is 0 Å². The zero-order chi connectivity index (χ0) is 12.3. The first-order chi connectivity index (χ1) is 7.45. The number of carboxylic acids is 1. The number of pyridine rings is 1. The van der Waals surface area contributed by atoms with Gasteiger partial charge in [0.25, 0.3) is 6.43 Å². The molecule has 1 aromatic rings. The Morgan fingerprint density at radius 3 is 2.69 bits per heavy atom. The van der Waals surface area contributed by atoms with Crippen molar-refractivity contribution in [2.75, 3.05) is 0 Å². The van der Waals surface area contributed by atoms with Gasteiger partial charge in [-0.05, 0) is 34.2 Å². The summed E-state index contributed by atoms with van der Waals surface area (Å²) in [6.45, 7) is 0. The summed E-state index contributed by atoms with van der Waals surface area (Å²) in [5, 5.41) is 8.59. The average molecular weight is 362 g/mol. The fourth-order valence-corrected chi connectivity index (χ4v) is 2.28. The maximum absolute atomic E-state index is 12.6. The molecular formula is C9H7ClF2INO2. The zero-order valence-corrected chi connectivity index (χ0v) is 10.8. The van der Waals surface area contributed by atoms with Gasteiger partial charge in [0.1, 0.15) is 5.69 Å². The van der Waals surface area contributed by atoms with E-state index in [1.54, 1.807) is 0 Å². The summed E-state index contributed by atoms with van der Waals surface area (Å²) >= 11 is 7.43. The van der Waals surface area contributed by atoms with Crippen LogP contribution in [0.4, 0.5) is 8.78 Å². The predicted molar refractivity (Wildman–Crippen MR) is 62.8 cm³/mol. The Morgan fingerprint density at radius 1 is 1.62 bits per heavy atom. The summed E-state index contributed by atoms with van der Waals surface area (Å²) in [6, 6.07) is 1.39.